The van der Waals surface area contributed by atoms with E-state index in [-0.39, 0.29) is 13.1 Å². The van der Waals surface area contributed by atoms with Crippen LogP contribution in [-0.4, -0.2) is 41.9 Å². The maximum atomic E-state index is 12.0. The summed E-state index contributed by atoms with van der Waals surface area (Å²) in [6, 6.07) is 4.03. The van der Waals surface area contributed by atoms with Crippen molar-refractivity contribution in [3.8, 4) is 5.95 Å². The minimum absolute atomic E-state index is 0.188. The number of nitrogens with zero attached hydrogens (tertiary/aromatic N) is 5. The molecular weight excluding hydrogens is 328 g/mol. The van der Waals surface area contributed by atoms with Gasteiger partial charge >= 0.3 is 11.7 Å². The molecule has 3 rings (SSSR count). The number of hydrogen-bond donors (Lipinski definition) is 3. The highest BCUT2D eigenvalue weighted by molar-refractivity contribution is 5.88. The Labute approximate surface area is 140 Å². The molecule has 0 spiro atoms. The number of carbonyl (C=O) groups excluding carboxylic acids is 1. The van der Waals surface area contributed by atoms with Crippen molar-refractivity contribution in [3.05, 3.63) is 63.8 Å². The second-order valence-corrected chi connectivity index (χ2v) is 4.86. The second-order valence-electron chi connectivity index (χ2n) is 4.86. The van der Waals surface area contributed by atoms with Gasteiger partial charge in [0.25, 0.3) is 11.5 Å². The van der Waals surface area contributed by atoms with E-state index in [1.165, 1.54) is 27.7 Å². The van der Waals surface area contributed by atoms with E-state index in [2.05, 4.69) is 30.7 Å². The summed E-state index contributed by atoms with van der Waals surface area (Å²) in [6.45, 7) is 0.401. The van der Waals surface area contributed by atoms with Crippen LogP contribution in [0.15, 0.2) is 52.6 Å². The molecular formula is C14H14N8O3. The topological polar surface area (TPSA) is 140 Å². The van der Waals surface area contributed by atoms with Crippen LogP contribution in [0.2, 0.25) is 0 Å². The Bertz CT molecular complexity index is 975. The Hall–Kier alpha value is -3.76. The van der Waals surface area contributed by atoms with Gasteiger partial charge in [-0.3, -0.25) is 19.7 Å². The highest BCUT2D eigenvalue weighted by Crippen LogP contribution is 2.09. The van der Waals surface area contributed by atoms with Gasteiger partial charge in [0, 0.05) is 43.8 Å². The Kier molecular flexibility index (Phi) is 4.65. The number of H-pyrrole nitrogens is 1. The molecule has 2 amide bonds. The molecule has 25 heavy (non-hydrogen) atoms. The summed E-state index contributed by atoms with van der Waals surface area (Å²) in [4.78, 5) is 44.7. The number of hydrogen-bond acceptors (Lipinski definition) is 6. The zero-order valence-corrected chi connectivity index (χ0v) is 12.9. The third-order valence-electron chi connectivity index (χ3n) is 3.16. The van der Waals surface area contributed by atoms with Gasteiger partial charge in [-0.25, -0.2) is 19.6 Å². The summed E-state index contributed by atoms with van der Waals surface area (Å²) in [5.74, 6) is 0.715. The van der Waals surface area contributed by atoms with E-state index in [9.17, 15) is 14.4 Å². The smallest absolute Gasteiger partial charge is 0.328 e. The highest BCUT2D eigenvalue weighted by Gasteiger charge is 2.10. The van der Waals surface area contributed by atoms with Crippen LogP contribution in [0, 0.1) is 0 Å². The number of rotatable bonds is 5. The number of anilines is 1. The van der Waals surface area contributed by atoms with Crippen molar-refractivity contribution in [1.29, 1.82) is 0 Å². The second kappa shape index (κ2) is 7.21. The van der Waals surface area contributed by atoms with Crippen molar-refractivity contribution < 1.29 is 4.79 Å². The Morgan fingerprint density at radius 3 is 2.72 bits per heavy atom. The third kappa shape index (κ3) is 3.96. The molecule has 0 atom stereocenters. The van der Waals surface area contributed by atoms with Gasteiger partial charge in [-0.15, -0.1) is 0 Å². The molecule has 0 aliphatic heterocycles. The van der Waals surface area contributed by atoms with Crippen molar-refractivity contribution in [1.82, 2.24) is 34.6 Å². The average molecular weight is 342 g/mol. The quantitative estimate of drug-likeness (QED) is 0.562. The third-order valence-corrected chi connectivity index (χ3v) is 3.16. The number of urea groups is 1. The Morgan fingerprint density at radius 2 is 1.96 bits per heavy atom. The minimum atomic E-state index is -0.533. The Balaban J connectivity index is 1.58. The summed E-state index contributed by atoms with van der Waals surface area (Å²) in [5.41, 5.74) is -1.00. The van der Waals surface area contributed by atoms with Crippen LogP contribution in [0.25, 0.3) is 5.95 Å². The molecule has 3 aromatic rings. The lowest BCUT2D eigenvalue weighted by Gasteiger charge is -2.09. The van der Waals surface area contributed by atoms with E-state index in [1.807, 2.05) is 0 Å². The molecule has 0 radical (unpaired) electrons. The highest BCUT2D eigenvalue weighted by atomic mass is 16.2. The summed E-state index contributed by atoms with van der Waals surface area (Å²) in [7, 11) is 0. The first-order valence-corrected chi connectivity index (χ1v) is 7.29. The first-order chi connectivity index (χ1) is 12.1. The predicted molar refractivity (Wildman–Crippen MR) is 87.5 cm³/mol. The van der Waals surface area contributed by atoms with Gasteiger partial charge in [0.2, 0.25) is 0 Å². The van der Waals surface area contributed by atoms with Crippen LogP contribution >= 0.6 is 0 Å². The van der Waals surface area contributed by atoms with Crippen molar-refractivity contribution >= 4 is 11.8 Å². The molecule has 0 bridgehead atoms. The molecule has 0 aliphatic rings. The van der Waals surface area contributed by atoms with Crippen LogP contribution in [-0.2, 0) is 6.54 Å². The van der Waals surface area contributed by atoms with Crippen molar-refractivity contribution in [2.45, 2.75) is 6.54 Å². The normalized spacial score (nSPS) is 10.4. The zero-order chi connectivity index (χ0) is 17.6. The standard InChI is InChI=1S/C14H14N8O3/c23-11-3-8-21(14(25)20-11)9-7-17-13(24)19-10-2-6-18-22(10)12-15-4-1-5-16-12/h1-6,8H,7,9H2,(H2,17,19,24)(H,20,23,25). The molecule has 11 nitrogen and oxygen atoms in total. The first kappa shape index (κ1) is 16.1. The summed E-state index contributed by atoms with van der Waals surface area (Å²) >= 11 is 0. The van der Waals surface area contributed by atoms with Crippen LogP contribution < -0.4 is 21.9 Å². The monoisotopic (exact) mass is 342 g/mol. The molecule has 0 fully saturated rings. The largest absolute Gasteiger partial charge is 0.336 e. The fourth-order valence-electron chi connectivity index (χ4n) is 2.03. The van der Waals surface area contributed by atoms with Gasteiger partial charge in [0.05, 0.1) is 6.20 Å². The van der Waals surface area contributed by atoms with Crippen LogP contribution in [0.5, 0.6) is 0 Å². The van der Waals surface area contributed by atoms with Gasteiger partial charge in [0.1, 0.15) is 5.82 Å². The predicted octanol–water partition coefficient (Wildman–Crippen LogP) is -0.666. The van der Waals surface area contributed by atoms with Crippen LogP contribution in [0.4, 0.5) is 10.6 Å². The molecule has 3 aromatic heterocycles. The fraction of sp³-hybridized carbons (Fsp3) is 0.143. The molecule has 128 valence electrons. The summed E-state index contributed by atoms with van der Waals surface area (Å²) in [5, 5.41) is 9.29. The summed E-state index contributed by atoms with van der Waals surface area (Å²) < 4.78 is 2.66. The molecule has 3 heterocycles. The van der Waals surface area contributed by atoms with E-state index in [0.29, 0.717) is 11.8 Å². The van der Waals surface area contributed by atoms with Crippen LogP contribution in [0.3, 0.4) is 0 Å². The molecule has 0 saturated carbocycles. The first-order valence-electron chi connectivity index (χ1n) is 7.29. The summed E-state index contributed by atoms with van der Waals surface area (Å²) in [6.07, 6.45) is 6.00. The van der Waals surface area contributed by atoms with Crippen LogP contribution in [0.1, 0.15) is 0 Å². The zero-order valence-electron chi connectivity index (χ0n) is 12.9. The molecule has 3 N–H and O–H groups in total. The molecule has 0 unspecified atom stereocenters. The van der Waals surface area contributed by atoms with Gasteiger partial charge < -0.3 is 5.32 Å². The van der Waals surface area contributed by atoms with Crippen molar-refractivity contribution in [3.63, 3.8) is 0 Å². The van der Waals surface area contributed by atoms with Gasteiger partial charge in [0.15, 0.2) is 0 Å². The Morgan fingerprint density at radius 1 is 1.16 bits per heavy atom. The minimum Gasteiger partial charge on any atom is -0.336 e. The van der Waals surface area contributed by atoms with E-state index in [1.54, 1.807) is 24.5 Å². The van der Waals surface area contributed by atoms with E-state index in [4.69, 9.17) is 0 Å². The van der Waals surface area contributed by atoms with Crippen molar-refractivity contribution in [2.75, 3.05) is 11.9 Å². The molecule has 0 aromatic carbocycles. The number of amides is 2. The maximum Gasteiger partial charge on any atom is 0.328 e. The van der Waals surface area contributed by atoms with Gasteiger partial charge in [-0.05, 0) is 6.07 Å². The van der Waals surface area contributed by atoms with E-state index in [0.717, 1.165) is 0 Å². The lowest BCUT2D eigenvalue weighted by molar-refractivity contribution is 0.251. The number of aromatic amines is 1. The van der Waals surface area contributed by atoms with Crippen molar-refractivity contribution in [2.24, 2.45) is 0 Å². The van der Waals surface area contributed by atoms with Gasteiger partial charge in [-0.1, -0.05) is 0 Å². The lowest BCUT2D eigenvalue weighted by Crippen LogP contribution is -2.36. The molecule has 0 saturated heterocycles. The van der Waals surface area contributed by atoms with Gasteiger partial charge in [-0.2, -0.15) is 9.78 Å². The van der Waals surface area contributed by atoms with E-state index < -0.39 is 17.3 Å². The number of carbonyl (C=O) groups is 1. The number of aromatic nitrogens is 6. The SMILES string of the molecule is O=C(NCCn1ccc(=O)[nH]c1=O)Nc1ccnn1-c1ncccn1. The average Bonchev–Trinajstić information content (AvgIpc) is 3.05. The fourth-order valence-corrected chi connectivity index (χ4v) is 2.03. The number of nitrogens with one attached hydrogen (secondary N) is 3. The molecule has 0 aliphatic carbocycles. The maximum absolute atomic E-state index is 12.0. The lowest BCUT2D eigenvalue weighted by atomic mass is 10.5. The molecule has 11 heteroatoms. The van der Waals surface area contributed by atoms with E-state index >= 15 is 0 Å².